The average Bonchev–Trinajstić information content (AvgIpc) is 3.29. The Kier molecular flexibility index (Phi) is 8.19. The second-order valence-corrected chi connectivity index (χ2v) is 10.9. The molecular weight excluding hydrogens is 500 g/mol. The van der Waals surface area contributed by atoms with E-state index in [-0.39, 0.29) is 0 Å². The largest absolute Gasteiger partial charge is 0.149 e. The van der Waals surface area contributed by atoms with Gasteiger partial charge in [0, 0.05) is 18.7 Å². The molecule has 2 heterocycles. The molecule has 0 fully saturated rings. The van der Waals surface area contributed by atoms with Gasteiger partial charge in [-0.1, -0.05) is 70.9 Å². The summed E-state index contributed by atoms with van der Waals surface area (Å²) in [5.74, 6) is 0. The van der Waals surface area contributed by atoms with Crippen molar-refractivity contribution in [1.29, 1.82) is 0 Å². The molecule has 0 aliphatic rings. The van der Waals surface area contributed by atoms with Gasteiger partial charge in [0.05, 0.1) is 0 Å². The third-order valence-corrected chi connectivity index (χ3v) is 8.01. The molecule has 0 aliphatic carbocycles. The zero-order valence-corrected chi connectivity index (χ0v) is 20.8. The first-order chi connectivity index (χ1) is 13.1. The van der Waals surface area contributed by atoms with Gasteiger partial charge in [0.25, 0.3) is 0 Å². The summed E-state index contributed by atoms with van der Waals surface area (Å²) >= 11 is 11.3. The summed E-state index contributed by atoms with van der Waals surface area (Å²) in [6.07, 6.45) is 9.36. The number of benzene rings is 1. The van der Waals surface area contributed by atoms with E-state index >= 15 is 0 Å². The molecule has 0 saturated carbocycles. The Labute approximate surface area is 188 Å². The van der Waals surface area contributed by atoms with Crippen LogP contribution < -0.4 is 0 Å². The van der Waals surface area contributed by atoms with Gasteiger partial charge in [-0.15, -0.1) is 22.7 Å². The molecule has 4 heteroatoms. The standard InChI is InChI=1S/C23H26Br2S2/c1-3-4-5-6-7-8-9-19-11-18(15-27-19)21-13-22(24)20(12-23(21)25)17-10-16(2)26-14-17/h10-15H,3-9H2,1-2H3. The number of unbranched alkanes of at least 4 members (excludes halogenated alkanes) is 5. The van der Waals surface area contributed by atoms with Gasteiger partial charge in [-0.3, -0.25) is 0 Å². The predicted octanol–water partition coefficient (Wildman–Crippen LogP) is 9.88. The van der Waals surface area contributed by atoms with E-state index in [0.717, 1.165) is 8.95 Å². The van der Waals surface area contributed by atoms with Crippen molar-refractivity contribution in [2.24, 2.45) is 0 Å². The van der Waals surface area contributed by atoms with E-state index in [1.54, 1.807) is 11.3 Å². The molecule has 1 aromatic carbocycles. The van der Waals surface area contributed by atoms with Crippen LogP contribution in [0.4, 0.5) is 0 Å². The van der Waals surface area contributed by atoms with E-state index in [0.29, 0.717) is 0 Å². The van der Waals surface area contributed by atoms with Crippen molar-refractivity contribution in [3.8, 4) is 22.3 Å². The van der Waals surface area contributed by atoms with Crippen molar-refractivity contribution in [3.63, 3.8) is 0 Å². The molecule has 27 heavy (non-hydrogen) atoms. The zero-order valence-electron chi connectivity index (χ0n) is 16.0. The maximum Gasteiger partial charge on any atom is 0.0260 e. The van der Waals surface area contributed by atoms with Crippen LogP contribution in [0.5, 0.6) is 0 Å². The highest BCUT2D eigenvalue weighted by atomic mass is 79.9. The zero-order chi connectivity index (χ0) is 19.2. The Morgan fingerprint density at radius 2 is 1.33 bits per heavy atom. The van der Waals surface area contributed by atoms with Gasteiger partial charge in [0.15, 0.2) is 0 Å². The minimum atomic E-state index is 1.15. The summed E-state index contributed by atoms with van der Waals surface area (Å²) in [5, 5.41) is 4.53. The molecule has 3 aromatic rings. The maximum absolute atomic E-state index is 3.81. The molecule has 0 N–H and O–H groups in total. The Hall–Kier alpha value is -0.420. The highest BCUT2D eigenvalue weighted by Crippen LogP contribution is 2.40. The van der Waals surface area contributed by atoms with Gasteiger partial charge >= 0.3 is 0 Å². The van der Waals surface area contributed by atoms with Crippen molar-refractivity contribution in [3.05, 3.63) is 53.7 Å². The number of hydrogen-bond donors (Lipinski definition) is 0. The first-order valence-corrected chi connectivity index (χ1v) is 13.1. The minimum Gasteiger partial charge on any atom is -0.149 e. The molecule has 2 aromatic heterocycles. The van der Waals surface area contributed by atoms with Gasteiger partial charge in [0.2, 0.25) is 0 Å². The first kappa shape index (κ1) is 21.3. The van der Waals surface area contributed by atoms with Crippen LogP contribution in [0, 0.1) is 6.92 Å². The molecule has 0 atom stereocenters. The topological polar surface area (TPSA) is 0 Å². The predicted molar refractivity (Wildman–Crippen MR) is 130 cm³/mol. The van der Waals surface area contributed by atoms with E-state index in [4.69, 9.17) is 0 Å². The molecule has 0 saturated heterocycles. The van der Waals surface area contributed by atoms with Crippen LogP contribution >= 0.6 is 54.5 Å². The van der Waals surface area contributed by atoms with Gasteiger partial charge in [0.1, 0.15) is 0 Å². The molecule has 0 bridgehead atoms. The Balaban J connectivity index is 1.68. The summed E-state index contributed by atoms with van der Waals surface area (Å²) in [6, 6.07) is 9.12. The van der Waals surface area contributed by atoms with Crippen molar-refractivity contribution in [1.82, 2.24) is 0 Å². The molecule has 0 unspecified atom stereocenters. The Morgan fingerprint density at radius 1 is 0.741 bits per heavy atom. The van der Waals surface area contributed by atoms with Gasteiger partial charge in [-0.25, -0.2) is 0 Å². The molecule has 0 radical (unpaired) electrons. The lowest BCUT2D eigenvalue weighted by Gasteiger charge is -2.08. The lowest BCUT2D eigenvalue weighted by molar-refractivity contribution is 0.609. The van der Waals surface area contributed by atoms with E-state index in [1.165, 1.54) is 77.0 Å². The summed E-state index contributed by atoms with van der Waals surface area (Å²) in [7, 11) is 0. The van der Waals surface area contributed by atoms with Crippen molar-refractivity contribution in [2.45, 2.75) is 58.8 Å². The van der Waals surface area contributed by atoms with Crippen molar-refractivity contribution >= 4 is 54.5 Å². The number of aryl methyl sites for hydroxylation is 2. The van der Waals surface area contributed by atoms with Gasteiger partial charge in [-0.2, -0.15) is 0 Å². The lowest BCUT2D eigenvalue weighted by atomic mass is 10.0. The maximum atomic E-state index is 3.81. The average molecular weight is 526 g/mol. The summed E-state index contributed by atoms with van der Waals surface area (Å²) < 4.78 is 2.32. The van der Waals surface area contributed by atoms with E-state index in [1.807, 2.05) is 11.3 Å². The molecule has 0 aliphatic heterocycles. The summed E-state index contributed by atoms with van der Waals surface area (Å²) in [6.45, 7) is 4.43. The molecular formula is C23H26Br2S2. The fraction of sp³-hybridized carbons (Fsp3) is 0.391. The Bertz CT molecular complexity index is 876. The molecule has 0 nitrogen and oxygen atoms in total. The first-order valence-electron chi connectivity index (χ1n) is 9.71. The van der Waals surface area contributed by atoms with Crippen LogP contribution in [0.1, 0.15) is 55.2 Å². The summed E-state index contributed by atoms with van der Waals surface area (Å²) in [4.78, 5) is 2.84. The van der Waals surface area contributed by atoms with E-state index < -0.39 is 0 Å². The monoisotopic (exact) mass is 524 g/mol. The minimum absolute atomic E-state index is 1.15. The normalized spacial score (nSPS) is 11.3. The number of rotatable bonds is 9. The van der Waals surface area contributed by atoms with Gasteiger partial charge in [-0.05, 0) is 77.0 Å². The number of thiophene rings is 2. The Morgan fingerprint density at radius 3 is 1.96 bits per heavy atom. The second-order valence-electron chi connectivity index (χ2n) is 7.08. The van der Waals surface area contributed by atoms with Gasteiger partial charge < -0.3 is 0 Å². The third kappa shape index (κ3) is 5.79. The summed E-state index contributed by atoms with van der Waals surface area (Å²) in [5.41, 5.74) is 5.12. The van der Waals surface area contributed by atoms with Crippen LogP contribution in [-0.2, 0) is 6.42 Å². The highest BCUT2D eigenvalue weighted by Gasteiger charge is 2.12. The van der Waals surface area contributed by atoms with E-state index in [2.05, 4.69) is 80.7 Å². The molecule has 0 spiro atoms. The van der Waals surface area contributed by atoms with Crippen molar-refractivity contribution < 1.29 is 0 Å². The van der Waals surface area contributed by atoms with E-state index in [9.17, 15) is 0 Å². The number of hydrogen-bond acceptors (Lipinski definition) is 2. The fourth-order valence-corrected chi connectivity index (χ4v) is 6.08. The number of halogens is 2. The second kappa shape index (κ2) is 10.4. The van der Waals surface area contributed by atoms with Crippen LogP contribution in [-0.4, -0.2) is 0 Å². The lowest BCUT2D eigenvalue weighted by Crippen LogP contribution is -1.84. The van der Waals surface area contributed by atoms with Crippen LogP contribution in [0.15, 0.2) is 44.0 Å². The quantitative estimate of drug-likeness (QED) is 0.244. The molecule has 3 rings (SSSR count). The van der Waals surface area contributed by atoms with Crippen LogP contribution in [0.3, 0.4) is 0 Å². The highest BCUT2D eigenvalue weighted by molar-refractivity contribution is 9.11. The molecule has 0 amide bonds. The van der Waals surface area contributed by atoms with Crippen molar-refractivity contribution in [2.75, 3.05) is 0 Å². The molecule has 144 valence electrons. The van der Waals surface area contributed by atoms with Crippen LogP contribution in [0.25, 0.3) is 22.3 Å². The van der Waals surface area contributed by atoms with Crippen LogP contribution in [0.2, 0.25) is 0 Å². The fourth-order valence-electron chi connectivity index (χ4n) is 3.31. The third-order valence-electron chi connectivity index (χ3n) is 4.84. The smallest absolute Gasteiger partial charge is 0.0260 e. The SMILES string of the molecule is CCCCCCCCc1cc(-c2cc(Br)c(-c3csc(C)c3)cc2Br)cs1.